The van der Waals surface area contributed by atoms with Crippen LogP contribution in [0.5, 0.6) is 0 Å². The van der Waals surface area contributed by atoms with E-state index in [1.54, 1.807) is 7.11 Å². The number of aromatic nitrogens is 1. The number of pyridine rings is 1. The molecule has 0 bridgehead atoms. The third kappa shape index (κ3) is 8.18. The quantitative estimate of drug-likeness (QED) is 0.346. The van der Waals surface area contributed by atoms with Crippen molar-refractivity contribution in [1.29, 1.82) is 0 Å². The number of piperazine rings is 1. The standard InChI is InChI=1S/C19H34N6O.HI/c1-6-20-18(23-15-19(2,3)26-5)22-14-16-7-8-21-17(13-16)25-11-9-24(4)10-12-25;/h7-8,13H,6,9-12,14-15H2,1-5H3,(H2,20,22,23);1H. The predicted octanol–water partition coefficient (Wildman–Crippen LogP) is 1.93. The number of guanidine groups is 1. The van der Waals surface area contributed by atoms with Gasteiger partial charge in [-0.1, -0.05) is 0 Å². The molecule has 0 saturated carbocycles. The summed E-state index contributed by atoms with van der Waals surface area (Å²) in [6.45, 7) is 12.5. The van der Waals surface area contributed by atoms with Crippen molar-refractivity contribution in [1.82, 2.24) is 20.5 Å². The molecule has 0 radical (unpaired) electrons. The van der Waals surface area contributed by atoms with Gasteiger partial charge in [0.25, 0.3) is 0 Å². The van der Waals surface area contributed by atoms with Crippen LogP contribution in [0.25, 0.3) is 0 Å². The molecule has 0 spiro atoms. The Labute approximate surface area is 181 Å². The SMILES string of the molecule is CCNC(=NCc1ccnc(N2CCN(C)CC2)c1)NCC(C)(C)OC.I. The zero-order valence-electron chi connectivity index (χ0n) is 17.3. The summed E-state index contributed by atoms with van der Waals surface area (Å²) in [4.78, 5) is 13.9. The third-order valence-electron chi connectivity index (χ3n) is 4.64. The van der Waals surface area contributed by atoms with Crippen LogP contribution < -0.4 is 15.5 Å². The Hall–Kier alpha value is -1.13. The fourth-order valence-electron chi connectivity index (χ4n) is 2.65. The van der Waals surface area contributed by atoms with Crippen LogP contribution in [0.2, 0.25) is 0 Å². The second kappa shape index (κ2) is 11.7. The fraction of sp³-hybridized carbons (Fsp3) is 0.684. The van der Waals surface area contributed by atoms with Gasteiger partial charge in [0.05, 0.1) is 12.1 Å². The highest BCUT2D eigenvalue weighted by atomic mass is 127. The fourth-order valence-corrected chi connectivity index (χ4v) is 2.65. The van der Waals surface area contributed by atoms with Gasteiger partial charge in [-0.15, -0.1) is 24.0 Å². The van der Waals surface area contributed by atoms with E-state index in [1.165, 1.54) is 0 Å². The molecule has 1 saturated heterocycles. The molecule has 0 atom stereocenters. The van der Waals surface area contributed by atoms with Gasteiger partial charge in [0.15, 0.2) is 5.96 Å². The molecule has 2 rings (SSSR count). The van der Waals surface area contributed by atoms with Crippen molar-refractivity contribution in [3.05, 3.63) is 23.9 Å². The zero-order chi connectivity index (χ0) is 19.0. The maximum Gasteiger partial charge on any atom is 0.191 e. The number of likely N-dealkylation sites (N-methyl/N-ethyl adjacent to an activating group) is 1. The molecule has 0 unspecified atom stereocenters. The average Bonchev–Trinajstić information content (AvgIpc) is 2.65. The molecular formula is C19H35IN6O. The highest BCUT2D eigenvalue weighted by Gasteiger charge is 2.17. The molecule has 0 amide bonds. The number of aliphatic imine (C=N–C) groups is 1. The smallest absolute Gasteiger partial charge is 0.191 e. The number of nitrogens with one attached hydrogen (secondary N) is 2. The maximum atomic E-state index is 5.46. The Morgan fingerprint density at radius 2 is 1.96 bits per heavy atom. The van der Waals surface area contributed by atoms with E-state index in [0.717, 1.165) is 50.1 Å². The van der Waals surface area contributed by atoms with E-state index in [-0.39, 0.29) is 29.6 Å². The van der Waals surface area contributed by atoms with E-state index < -0.39 is 0 Å². The summed E-state index contributed by atoms with van der Waals surface area (Å²) >= 11 is 0. The molecule has 0 aliphatic carbocycles. The van der Waals surface area contributed by atoms with E-state index in [2.05, 4.69) is 59.3 Å². The third-order valence-corrected chi connectivity index (χ3v) is 4.64. The first-order valence-electron chi connectivity index (χ1n) is 9.39. The van der Waals surface area contributed by atoms with Crippen molar-refractivity contribution < 1.29 is 4.74 Å². The largest absolute Gasteiger partial charge is 0.377 e. The van der Waals surface area contributed by atoms with Crippen LogP contribution in [0.4, 0.5) is 5.82 Å². The van der Waals surface area contributed by atoms with E-state index in [9.17, 15) is 0 Å². The summed E-state index contributed by atoms with van der Waals surface area (Å²) in [6, 6.07) is 4.18. The van der Waals surface area contributed by atoms with Crippen molar-refractivity contribution >= 4 is 35.8 Å². The molecule has 8 heteroatoms. The molecule has 154 valence electrons. The molecule has 0 aromatic carbocycles. The molecule has 2 heterocycles. The number of methoxy groups -OCH3 is 1. The van der Waals surface area contributed by atoms with Crippen LogP contribution in [0.15, 0.2) is 23.3 Å². The van der Waals surface area contributed by atoms with E-state index in [1.807, 2.05) is 12.3 Å². The summed E-state index contributed by atoms with van der Waals surface area (Å²) in [5.74, 6) is 1.85. The van der Waals surface area contributed by atoms with Crippen LogP contribution in [0.3, 0.4) is 0 Å². The van der Waals surface area contributed by atoms with Crippen LogP contribution in [-0.2, 0) is 11.3 Å². The number of hydrogen-bond donors (Lipinski definition) is 2. The van der Waals surface area contributed by atoms with Crippen LogP contribution in [0.1, 0.15) is 26.3 Å². The van der Waals surface area contributed by atoms with Gasteiger partial charge in [0.1, 0.15) is 5.82 Å². The summed E-state index contributed by atoms with van der Waals surface area (Å²) < 4.78 is 5.46. The lowest BCUT2D eigenvalue weighted by atomic mass is 10.1. The van der Waals surface area contributed by atoms with Gasteiger partial charge in [-0.25, -0.2) is 9.98 Å². The van der Waals surface area contributed by atoms with Gasteiger partial charge < -0.3 is 25.2 Å². The topological polar surface area (TPSA) is 65.0 Å². The number of rotatable bonds is 7. The molecule has 27 heavy (non-hydrogen) atoms. The Morgan fingerprint density at radius 1 is 1.26 bits per heavy atom. The molecule has 1 fully saturated rings. The lowest BCUT2D eigenvalue weighted by Crippen LogP contribution is -2.45. The highest BCUT2D eigenvalue weighted by Crippen LogP contribution is 2.15. The summed E-state index contributed by atoms with van der Waals surface area (Å²) in [6.07, 6.45) is 1.88. The minimum absolute atomic E-state index is 0. The summed E-state index contributed by atoms with van der Waals surface area (Å²) in [5.41, 5.74) is 0.929. The molecule has 2 N–H and O–H groups in total. The molecule has 1 aliphatic rings. The van der Waals surface area contributed by atoms with Crippen molar-refractivity contribution in [2.75, 3.05) is 58.3 Å². The second-order valence-electron chi connectivity index (χ2n) is 7.33. The van der Waals surface area contributed by atoms with Gasteiger partial charge in [0.2, 0.25) is 0 Å². The maximum absolute atomic E-state index is 5.46. The predicted molar refractivity (Wildman–Crippen MR) is 123 cm³/mol. The van der Waals surface area contributed by atoms with Crippen LogP contribution in [0, 0.1) is 0 Å². The van der Waals surface area contributed by atoms with E-state index >= 15 is 0 Å². The van der Waals surface area contributed by atoms with Gasteiger partial charge in [0, 0.05) is 52.6 Å². The van der Waals surface area contributed by atoms with Gasteiger partial charge >= 0.3 is 0 Å². The summed E-state index contributed by atoms with van der Waals surface area (Å²) in [5, 5.41) is 6.63. The first kappa shape index (κ1) is 23.9. The van der Waals surface area contributed by atoms with E-state index in [4.69, 9.17) is 9.73 Å². The lowest BCUT2D eigenvalue weighted by molar-refractivity contribution is 0.0268. The van der Waals surface area contributed by atoms with Crippen LogP contribution in [-0.4, -0.2) is 74.9 Å². The number of halogens is 1. The Kier molecular flexibility index (Phi) is 10.3. The monoisotopic (exact) mass is 490 g/mol. The van der Waals surface area contributed by atoms with Gasteiger partial charge in [-0.2, -0.15) is 0 Å². The Balaban J connectivity index is 0.00000364. The van der Waals surface area contributed by atoms with Crippen molar-refractivity contribution in [3.8, 4) is 0 Å². The molecular weight excluding hydrogens is 455 g/mol. The minimum Gasteiger partial charge on any atom is -0.377 e. The minimum atomic E-state index is -0.235. The van der Waals surface area contributed by atoms with Crippen molar-refractivity contribution in [2.45, 2.75) is 32.9 Å². The first-order valence-corrected chi connectivity index (χ1v) is 9.39. The molecule has 7 nitrogen and oxygen atoms in total. The average molecular weight is 490 g/mol. The Bertz CT molecular complexity index is 587. The number of ether oxygens (including phenoxy) is 1. The number of nitrogens with zero attached hydrogens (tertiary/aromatic N) is 4. The first-order chi connectivity index (χ1) is 12.4. The normalized spacial score (nSPS) is 16.0. The lowest BCUT2D eigenvalue weighted by Gasteiger charge is -2.33. The molecule has 1 aliphatic heterocycles. The summed E-state index contributed by atoms with van der Waals surface area (Å²) in [7, 11) is 3.89. The zero-order valence-corrected chi connectivity index (χ0v) is 19.6. The van der Waals surface area contributed by atoms with Gasteiger partial charge in [-0.3, -0.25) is 0 Å². The molecule has 1 aromatic rings. The molecule has 1 aromatic heterocycles. The van der Waals surface area contributed by atoms with Crippen molar-refractivity contribution in [2.24, 2.45) is 4.99 Å². The van der Waals surface area contributed by atoms with Gasteiger partial charge in [-0.05, 0) is 45.5 Å². The number of hydrogen-bond acceptors (Lipinski definition) is 5. The number of anilines is 1. The van der Waals surface area contributed by atoms with Crippen molar-refractivity contribution in [3.63, 3.8) is 0 Å². The van der Waals surface area contributed by atoms with E-state index in [0.29, 0.717) is 13.1 Å². The Morgan fingerprint density at radius 3 is 2.59 bits per heavy atom. The highest BCUT2D eigenvalue weighted by molar-refractivity contribution is 14.0. The van der Waals surface area contributed by atoms with Crippen LogP contribution >= 0.6 is 24.0 Å². The second-order valence-corrected chi connectivity index (χ2v) is 7.33.